The van der Waals surface area contributed by atoms with Gasteiger partial charge in [0.15, 0.2) is 0 Å². The van der Waals surface area contributed by atoms with Crippen LogP contribution >= 0.6 is 11.6 Å². The van der Waals surface area contributed by atoms with Crippen molar-refractivity contribution in [2.45, 2.75) is 0 Å². The molecular weight excluding hydrogens is 292 g/mol. The lowest BCUT2D eigenvalue weighted by Gasteiger charge is -2.36. The van der Waals surface area contributed by atoms with Crippen molar-refractivity contribution >= 4 is 23.2 Å². The number of anilines is 2. The summed E-state index contributed by atoms with van der Waals surface area (Å²) in [4.78, 5) is 20.5. The minimum atomic E-state index is -0.263. The van der Waals surface area contributed by atoms with E-state index >= 15 is 0 Å². The molecule has 0 amide bonds. The van der Waals surface area contributed by atoms with Crippen molar-refractivity contribution in [2.24, 2.45) is 14.1 Å². The molecule has 0 N–H and O–H groups in total. The number of aryl methyl sites for hydroxylation is 2. The highest BCUT2D eigenvalue weighted by atomic mass is 35.5. The molecular formula is C13H17ClN6O. The van der Waals surface area contributed by atoms with Crippen LogP contribution < -0.4 is 15.4 Å². The van der Waals surface area contributed by atoms with Crippen LogP contribution in [0.25, 0.3) is 0 Å². The lowest BCUT2D eigenvalue weighted by Crippen LogP contribution is -2.47. The third-order valence-corrected chi connectivity index (χ3v) is 4.11. The highest BCUT2D eigenvalue weighted by Gasteiger charge is 2.22. The molecule has 8 heteroatoms. The van der Waals surface area contributed by atoms with E-state index in [4.69, 9.17) is 11.6 Å². The number of halogens is 1. The van der Waals surface area contributed by atoms with Crippen LogP contribution in [0.4, 0.5) is 11.6 Å². The maximum atomic E-state index is 11.8. The summed E-state index contributed by atoms with van der Waals surface area (Å²) < 4.78 is 3.25. The molecule has 7 nitrogen and oxygen atoms in total. The minimum absolute atomic E-state index is 0.234. The number of imidazole rings is 1. The lowest BCUT2D eigenvalue weighted by molar-refractivity contribution is 0.624. The molecule has 0 spiro atoms. The number of hydrogen-bond donors (Lipinski definition) is 0. The lowest BCUT2D eigenvalue weighted by atomic mass is 10.3. The summed E-state index contributed by atoms with van der Waals surface area (Å²) in [5, 5.41) is 4.28. The van der Waals surface area contributed by atoms with Gasteiger partial charge in [0.25, 0.3) is 5.56 Å². The molecule has 0 saturated carbocycles. The molecule has 0 bridgehead atoms. The quantitative estimate of drug-likeness (QED) is 0.808. The number of aromatic nitrogens is 4. The fraction of sp³-hybridized carbons (Fsp3) is 0.462. The zero-order valence-electron chi connectivity index (χ0n) is 12.0. The smallest absolute Gasteiger partial charge is 0.287 e. The number of rotatable bonds is 2. The molecule has 0 aromatic carbocycles. The van der Waals surface area contributed by atoms with Gasteiger partial charge in [-0.3, -0.25) is 4.79 Å². The molecule has 3 heterocycles. The van der Waals surface area contributed by atoms with Crippen molar-refractivity contribution in [3.8, 4) is 0 Å². The first-order valence-corrected chi connectivity index (χ1v) is 7.15. The summed E-state index contributed by atoms with van der Waals surface area (Å²) in [5.41, 5.74) is 0.444. The summed E-state index contributed by atoms with van der Waals surface area (Å²) in [6, 6.07) is 0. The Labute approximate surface area is 127 Å². The fourth-order valence-electron chi connectivity index (χ4n) is 2.53. The molecule has 0 unspecified atom stereocenters. The van der Waals surface area contributed by atoms with E-state index < -0.39 is 0 Å². The Morgan fingerprint density at radius 3 is 2.43 bits per heavy atom. The van der Waals surface area contributed by atoms with Crippen molar-refractivity contribution in [3.05, 3.63) is 34.0 Å². The third-order valence-electron chi connectivity index (χ3n) is 3.76. The summed E-state index contributed by atoms with van der Waals surface area (Å²) in [5.74, 6) is 0.961. The van der Waals surface area contributed by atoms with Crippen LogP contribution in [0.1, 0.15) is 0 Å². The Hall–Kier alpha value is -2.02. The van der Waals surface area contributed by atoms with Crippen LogP contribution in [-0.4, -0.2) is 45.5 Å². The average Bonchev–Trinajstić information content (AvgIpc) is 2.91. The molecule has 0 atom stereocenters. The normalized spacial score (nSPS) is 15.6. The predicted molar refractivity (Wildman–Crippen MR) is 82.1 cm³/mol. The first-order chi connectivity index (χ1) is 10.1. The molecule has 21 heavy (non-hydrogen) atoms. The van der Waals surface area contributed by atoms with Gasteiger partial charge in [0.2, 0.25) is 5.95 Å². The van der Waals surface area contributed by atoms with Crippen LogP contribution in [0.3, 0.4) is 0 Å². The minimum Gasteiger partial charge on any atom is -0.365 e. The second kappa shape index (κ2) is 5.40. The van der Waals surface area contributed by atoms with Crippen LogP contribution in [0.2, 0.25) is 5.02 Å². The topological polar surface area (TPSA) is 59.2 Å². The molecule has 0 radical (unpaired) electrons. The third kappa shape index (κ3) is 2.49. The van der Waals surface area contributed by atoms with Crippen molar-refractivity contribution < 1.29 is 0 Å². The summed E-state index contributed by atoms with van der Waals surface area (Å²) in [7, 11) is 3.58. The monoisotopic (exact) mass is 308 g/mol. The predicted octanol–water partition coefficient (Wildman–Crippen LogP) is 0.494. The standard InChI is InChI=1S/C13H17ClN6O/c1-17-4-3-15-13(17)20-7-5-19(6-8-20)10-9-16-18(2)12(21)11(10)14/h3-4,9H,5-8H2,1-2H3. The Balaban J connectivity index is 1.76. The largest absolute Gasteiger partial charge is 0.365 e. The molecule has 1 aliphatic heterocycles. The molecule has 2 aromatic rings. The summed E-state index contributed by atoms with van der Waals surface area (Å²) >= 11 is 6.15. The summed E-state index contributed by atoms with van der Waals surface area (Å²) in [6.07, 6.45) is 5.38. The first kappa shape index (κ1) is 13.9. The molecule has 0 aliphatic carbocycles. The van der Waals surface area contributed by atoms with Gasteiger partial charge in [0, 0.05) is 52.7 Å². The molecule has 3 rings (SSSR count). The Morgan fingerprint density at radius 2 is 1.81 bits per heavy atom. The van der Waals surface area contributed by atoms with Crippen molar-refractivity contribution in [2.75, 3.05) is 36.0 Å². The van der Waals surface area contributed by atoms with E-state index in [1.54, 1.807) is 19.4 Å². The average molecular weight is 309 g/mol. The van der Waals surface area contributed by atoms with E-state index in [-0.39, 0.29) is 10.6 Å². The highest BCUT2D eigenvalue weighted by molar-refractivity contribution is 6.33. The SMILES string of the molecule is Cn1ccnc1N1CCN(c2cnn(C)c(=O)c2Cl)CC1. The van der Waals surface area contributed by atoms with E-state index in [1.165, 1.54) is 4.68 Å². The zero-order valence-corrected chi connectivity index (χ0v) is 12.8. The maximum Gasteiger partial charge on any atom is 0.287 e. The second-order valence-electron chi connectivity index (χ2n) is 5.08. The summed E-state index contributed by atoms with van der Waals surface area (Å²) in [6.45, 7) is 3.22. The van der Waals surface area contributed by atoms with Gasteiger partial charge < -0.3 is 14.4 Å². The second-order valence-corrected chi connectivity index (χ2v) is 5.46. The number of piperazine rings is 1. The van der Waals surface area contributed by atoms with Gasteiger partial charge in [-0.2, -0.15) is 5.10 Å². The Bertz CT molecular complexity index is 701. The van der Waals surface area contributed by atoms with E-state index in [0.29, 0.717) is 5.69 Å². The van der Waals surface area contributed by atoms with Gasteiger partial charge in [-0.25, -0.2) is 9.67 Å². The Morgan fingerprint density at radius 1 is 1.14 bits per heavy atom. The van der Waals surface area contributed by atoms with Gasteiger partial charge in [0.1, 0.15) is 5.02 Å². The van der Waals surface area contributed by atoms with Gasteiger partial charge >= 0.3 is 0 Å². The van der Waals surface area contributed by atoms with Gasteiger partial charge in [0.05, 0.1) is 11.9 Å². The Kier molecular flexibility index (Phi) is 3.59. The van der Waals surface area contributed by atoms with Crippen molar-refractivity contribution in [1.29, 1.82) is 0 Å². The molecule has 1 saturated heterocycles. The van der Waals surface area contributed by atoms with E-state index in [1.807, 2.05) is 17.8 Å². The van der Waals surface area contributed by atoms with Crippen molar-refractivity contribution in [3.63, 3.8) is 0 Å². The highest BCUT2D eigenvalue weighted by Crippen LogP contribution is 2.23. The first-order valence-electron chi connectivity index (χ1n) is 6.77. The van der Waals surface area contributed by atoms with Crippen LogP contribution in [0.15, 0.2) is 23.4 Å². The van der Waals surface area contributed by atoms with Crippen molar-refractivity contribution in [1.82, 2.24) is 19.3 Å². The molecule has 2 aromatic heterocycles. The van der Waals surface area contributed by atoms with E-state index in [0.717, 1.165) is 32.1 Å². The fourth-order valence-corrected chi connectivity index (χ4v) is 2.82. The maximum absolute atomic E-state index is 11.8. The van der Waals surface area contributed by atoms with E-state index in [2.05, 4.69) is 19.9 Å². The van der Waals surface area contributed by atoms with Crippen LogP contribution in [-0.2, 0) is 14.1 Å². The molecule has 1 aliphatic rings. The van der Waals surface area contributed by atoms with Gasteiger partial charge in [-0.15, -0.1) is 0 Å². The zero-order chi connectivity index (χ0) is 15.0. The van der Waals surface area contributed by atoms with E-state index in [9.17, 15) is 4.79 Å². The molecule has 112 valence electrons. The molecule has 1 fully saturated rings. The van der Waals surface area contributed by atoms with Crippen LogP contribution in [0.5, 0.6) is 0 Å². The number of hydrogen-bond acceptors (Lipinski definition) is 5. The number of nitrogens with zero attached hydrogens (tertiary/aromatic N) is 6. The van der Waals surface area contributed by atoms with Gasteiger partial charge in [-0.05, 0) is 0 Å². The van der Waals surface area contributed by atoms with Crippen LogP contribution in [0, 0.1) is 0 Å². The van der Waals surface area contributed by atoms with Gasteiger partial charge in [-0.1, -0.05) is 11.6 Å².